The third-order valence-corrected chi connectivity index (χ3v) is 3.24. The van der Waals surface area contributed by atoms with Crippen molar-refractivity contribution in [3.63, 3.8) is 0 Å². The van der Waals surface area contributed by atoms with E-state index in [0.29, 0.717) is 0 Å². The Labute approximate surface area is 105 Å². The number of nitrogens with zero attached hydrogens (tertiary/aromatic N) is 2. The van der Waals surface area contributed by atoms with Gasteiger partial charge in [0.15, 0.2) is 0 Å². The van der Waals surface area contributed by atoms with Crippen LogP contribution in [0.3, 0.4) is 0 Å². The lowest BCUT2D eigenvalue weighted by Crippen LogP contribution is -2.30. The Morgan fingerprint density at radius 2 is 2.28 bits per heavy atom. The molecule has 1 aliphatic heterocycles. The second-order valence-electron chi connectivity index (χ2n) is 4.37. The molecule has 0 saturated heterocycles. The summed E-state index contributed by atoms with van der Waals surface area (Å²) >= 11 is 0. The average molecular weight is 244 g/mol. The number of fused-ring (bicyclic) bond motifs is 1. The summed E-state index contributed by atoms with van der Waals surface area (Å²) in [7, 11) is 1.93. The van der Waals surface area contributed by atoms with Crippen LogP contribution in [0.15, 0.2) is 36.1 Å². The van der Waals surface area contributed by atoms with Gasteiger partial charge in [0.1, 0.15) is 11.8 Å². The average Bonchev–Trinajstić information content (AvgIpc) is 3.01. The first kappa shape index (κ1) is 11.3. The molecule has 5 heteroatoms. The molecule has 1 aliphatic rings. The van der Waals surface area contributed by atoms with E-state index in [0.717, 1.165) is 35.4 Å². The van der Waals surface area contributed by atoms with Crippen LogP contribution in [0.4, 0.5) is 0 Å². The van der Waals surface area contributed by atoms with Gasteiger partial charge in [0, 0.05) is 18.9 Å². The monoisotopic (exact) mass is 244 g/mol. The number of hydrazine groups is 1. The molecule has 94 valence electrons. The van der Waals surface area contributed by atoms with Crippen LogP contribution in [0, 0.1) is 0 Å². The molecule has 3 rings (SSSR count). The summed E-state index contributed by atoms with van der Waals surface area (Å²) in [4.78, 5) is 0. The van der Waals surface area contributed by atoms with Crippen molar-refractivity contribution in [1.82, 2.24) is 15.2 Å². The number of rotatable bonds is 3. The molecule has 0 bridgehead atoms. The number of aromatic nitrogens is 2. The van der Waals surface area contributed by atoms with E-state index >= 15 is 0 Å². The fraction of sp³-hybridized carbons (Fsp3) is 0.308. The zero-order chi connectivity index (χ0) is 12.5. The number of benzene rings is 1. The summed E-state index contributed by atoms with van der Waals surface area (Å²) in [6.45, 7) is 0.721. The Hall–Kier alpha value is -1.85. The number of ether oxygens (including phenoxy) is 1. The lowest BCUT2D eigenvalue weighted by Gasteiger charge is -2.15. The molecule has 0 fully saturated rings. The minimum Gasteiger partial charge on any atom is -0.496 e. The number of aryl methyl sites for hydroxylation is 1. The van der Waals surface area contributed by atoms with Crippen LogP contribution < -0.4 is 11.3 Å². The van der Waals surface area contributed by atoms with Crippen molar-refractivity contribution in [2.45, 2.75) is 12.5 Å². The third kappa shape index (κ3) is 1.68. The van der Waals surface area contributed by atoms with Crippen LogP contribution >= 0.6 is 0 Å². The largest absolute Gasteiger partial charge is 0.496 e. The minimum absolute atomic E-state index is 0.182. The van der Waals surface area contributed by atoms with E-state index in [4.69, 9.17) is 10.6 Å². The molecule has 1 unspecified atom stereocenters. The molecule has 3 N–H and O–H groups in total. The highest BCUT2D eigenvalue weighted by atomic mass is 16.5. The molecule has 5 nitrogen and oxygen atoms in total. The molecule has 2 heterocycles. The van der Waals surface area contributed by atoms with Gasteiger partial charge in [-0.3, -0.25) is 10.5 Å². The molecule has 0 aliphatic carbocycles. The smallest absolute Gasteiger partial charge is 0.122 e. The van der Waals surface area contributed by atoms with Crippen LogP contribution in [0.25, 0.3) is 10.9 Å². The second-order valence-corrected chi connectivity index (χ2v) is 4.37. The lowest BCUT2D eigenvalue weighted by molar-refractivity contribution is 0.214. The van der Waals surface area contributed by atoms with E-state index in [2.05, 4.69) is 22.7 Å². The Morgan fingerprint density at radius 3 is 3.00 bits per heavy atom. The van der Waals surface area contributed by atoms with E-state index in [-0.39, 0.29) is 6.04 Å². The maximum absolute atomic E-state index is 5.66. The summed E-state index contributed by atoms with van der Waals surface area (Å²) in [6.07, 6.45) is 2.99. The number of hydrogen-bond acceptors (Lipinski definition) is 4. The summed E-state index contributed by atoms with van der Waals surface area (Å²) in [5.74, 6) is 6.53. The summed E-state index contributed by atoms with van der Waals surface area (Å²) < 4.78 is 7.45. The van der Waals surface area contributed by atoms with Crippen molar-refractivity contribution in [1.29, 1.82) is 0 Å². The molecule has 1 atom stereocenters. The maximum atomic E-state index is 5.66. The van der Waals surface area contributed by atoms with Gasteiger partial charge in [-0.25, -0.2) is 5.43 Å². The standard InChI is InChI=1S/C13H16N4O/c1-17-10-6-3-2-5-9(10)12(16-17)13(15-14)11-7-4-8-18-11/h2-3,5-7,13,15H,4,8,14H2,1H3. The quantitative estimate of drug-likeness (QED) is 0.632. The highest BCUT2D eigenvalue weighted by molar-refractivity contribution is 5.82. The fourth-order valence-corrected chi connectivity index (χ4v) is 2.39. The van der Waals surface area contributed by atoms with Crippen molar-refractivity contribution in [2.75, 3.05) is 6.61 Å². The number of nitrogens with two attached hydrogens (primary N) is 1. The van der Waals surface area contributed by atoms with Gasteiger partial charge < -0.3 is 4.74 Å². The first-order chi connectivity index (χ1) is 8.81. The molecule has 18 heavy (non-hydrogen) atoms. The summed E-state index contributed by atoms with van der Waals surface area (Å²) in [5.41, 5.74) is 4.79. The first-order valence-corrected chi connectivity index (χ1v) is 6.02. The van der Waals surface area contributed by atoms with Crippen LogP contribution in [-0.4, -0.2) is 16.4 Å². The molecule has 0 amide bonds. The highest BCUT2D eigenvalue weighted by Gasteiger charge is 2.24. The van der Waals surface area contributed by atoms with Gasteiger partial charge in [0.25, 0.3) is 0 Å². The number of nitrogens with one attached hydrogen (secondary N) is 1. The molecule has 0 spiro atoms. The van der Waals surface area contributed by atoms with Crippen molar-refractivity contribution in [3.8, 4) is 0 Å². The van der Waals surface area contributed by atoms with Crippen LogP contribution in [0.5, 0.6) is 0 Å². The van der Waals surface area contributed by atoms with E-state index in [9.17, 15) is 0 Å². The van der Waals surface area contributed by atoms with E-state index in [1.54, 1.807) is 0 Å². The van der Waals surface area contributed by atoms with Gasteiger partial charge in [0.05, 0.1) is 17.8 Å². The van der Waals surface area contributed by atoms with Crippen molar-refractivity contribution in [2.24, 2.45) is 12.9 Å². The topological polar surface area (TPSA) is 65.1 Å². The first-order valence-electron chi connectivity index (χ1n) is 6.02. The zero-order valence-electron chi connectivity index (χ0n) is 10.3. The predicted octanol–water partition coefficient (Wildman–Crippen LogP) is 1.38. The number of hydrogen-bond donors (Lipinski definition) is 2. The van der Waals surface area contributed by atoms with Gasteiger partial charge in [-0.05, 0) is 12.1 Å². The van der Waals surface area contributed by atoms with Gasteiger partial charge in [-0.1, -0.05) is 18.2 Å². The van der Waals surface area contributed by atoms with E-state index < -0.39 is 0 Å². The normalized spacial score (nSPS) is 16.7. The zero-order valence-corrected chi connectivity index (χ0v) is 10.3. The number of para-hydroxylation sites is 1. The lowest BCUT2D eigenvalue weighted by atomic mass is 10.1. The maximum Gasteiger partial charge on any atom is 0.122 e. The Balaban J connectivity index is 2.12. The van der Waals surface area contributed by atoms with Gasteiger partial charge in [0.2, 0.25) is 0 Å². The Kier molecular flexibility index (Phi) is 2.77. The predicted molar refractivity (Wildman–Crippen MR) is 69.4 cm³/mol. The molecular weight excluding hydrogens is 228 g/mol. The van der Waals surface area contributed by atoms with Gasteiger partial charge >= 0.3 is 0 Å². The Morgan fingerprint density at radius 1 is 1.44 bits per heavy atom. The molecule has 0 saturated carbocycles. The van der Waals surface area contributed by atoms with Gasteiger partial charge in [-0.2, -0.15) is 5.10 Å². The van der Waals surface area contributed by atoms with Crippen molar-refractivity contribution >= 4 is 10.9 Å². The SMILES string of the molecule is Cn1nc(C(NN)C2=CCCO2)c2ccccc21. The van der Waals surface area contributed by atoms with Crippen LogP contribution in [-0.2, 0) is 11.8 Å². The Bertz CT molecular complexity index is 602. The van der Waals surface area contributed by atoms with Gasteiger partial charge in [-0.15, -0.1) is 0 Å². The van der Waals surface area contributed by atoms with E-state index in [1.807, 2.05) is 29.9 Å². The highest BCUT2D eigenvalue weighted by Crippen LogP contribution is 2.30. The summed E-state index contributed by atoms with van der Waals surface area (Å²) in [5, 5.41) is 5.66. The second kappa shape index (κ2) is 4.44. The van der Waals surface area contributed by atoms with Crippen LogP contribution in [0.1, 0.15) is 18.2 Å². The van der Waals surface area contributed by atoms with E-state index in [1.165, 1.54) is 0 Å². The minimum atomic E-state index is -0.182. The molecular formula is C13H16N4O. The molecule has 1 aromatic carbocycles. The fourth-order valence-electron chi connectivity index (χ4n) is 2.39. The van der Waals surface area contributed by atoms with Crippen LogP contribution in [0.2, 0.25) is 0 Å². The summed E-state index contributed by atoms with van der Waals surface area (Å²) in [6, 6.07) is 7.93. The molecule has 0 radical (unpaired) electrons. The molecule has 1 aromatic heterocycles. The van der Waals surface area contributed by atoms with Crippen molar-refractivity contribution in [3.05, 3.63) is 41.8 Å². The third-order valence-electron chi connectivity index (χ3n) is 3.24. The molecule has 2 aromatic rings. The van der Waals surface area contributed by atoms with Crippen molar-refractivity contribution < 1.29 is 4.74 Å².